The van der Waals surface area contributed by atoms with E-state index in [0.717, 1.165) is 39.0 Å². The molecule has 10 aromatic carbocycles. The summed E-state index contributed by atoms with van der Waals surface area (Å²) in [6.45, 7) is 0. The van der Waals surface area contributed by atoms with Gasteiger partial charge in [0.1, 0.15) is 11.2 Å². The van der Waals surface area contributed by atoms with E-state index in [0.29, 0.717) is 0 Å². The van der Waals surface area contributed by atoms with Crippen LogP contribution >= 0.6 is 11.3 Å². The zero-order valence-corrected chi connectivity index (χ0v) is 32.8. The molecular weight excluding hydrogens is 735 g/mol. The average Bonchev–Trinajstić information content (AvgIpc) is 3.89. The fourth-order valence-corrected chi connectivity index (χ4v) is 10.3. The molecule has 2 nitrogen and oxygen atoms in total. The van der Waals surface area contributed by atoms with Gasteiger partial charge in [0.05, 0.1) is 16.8 Å². The third kappa shape index (κ3) is 5.55. The number of anilines is 3. The molecule has 0 bridgehead atoms. The molecule has 3 heteroatoms. The number of para-hydroxylation sites is 1. The highest BCUT2D eigenvalue weighted by Crippen LogP contribution is 2.51. The minimum absolute atomic E-state index is 0.869. The van der Waals surface area contributed by atoms with E-state index in [4.69, 9.17) is 4.42 Å². The second kappa shape index (κ2) is 13.6. The third-order valence-electron chi connectivity index (χ3n) is 11.9. The molecule has 0 saturated heterocycles. The fraction of sp³-hybridized carbons (Fsp3) is 0. The second-order valence-electron chi connectivity index (χ2n) is 15.2. The summed E-state index contributed by atoms with van der Waals surface area (Å²) in [6, 6.07) is 77.0. The summed E-state index contributed by atoms with van der Waals surface area (Å²) in [5, 5.41) is 9.72. The Balaban J connectivity index is 1.10. The SMILES string of the molecule is c1ccc(-c2ccc3c(c2)sc2c(-c4ccccc4)ccc(N(c4ccc(-c5ccc6ccc7ccccc7c6c5)cc4)c4cccc5oc6ccccc6c45)c23)cc1. The van der Waals surface area contributed by atoms with E-state index in [1.807, 2.05) is 17.4 Å². The minimum atomic E-state index is 0.869. The Morgan fingerprint density at radius 3 is 1.80 bits per heavy atom. The van der Waals surface area contributed by atoms with Gasteiger partial charge in [-0.1, -0.05) is 164 Å². The summed E-state index contributed by atoms with van der Waals surface area (Å²) in [6.07, 6.45) is 0. The maximum atomic E-state index is 6.51. The Labute approximate surface area is 345 Å². The minimum Gasteiger partial charge on any atom is -0.456 e. The molecule has 0 fully saturated rings. The zero-order chi connectivity index (χ0) is 38.9. The predicted octanol–water partition coefficient (Wildman–Crippen LogP) is 16.7. The lowest BCUT2D eigenvalue weighted by Gasteiger charge is -2.28. The Kier molecular flexibility index (Phi) is 7.75. The summed E-state index contributed by atoms with van der Waals surface area (Å²) in [5.74, 6) is 0. The van der Waals surface area contributed by atoms with E-state index in [2.05, 4.69) is 211 Å². The fourth-order valence-electron chi connectivity index (χ4n) is 9.04. The second-order valence-corrected chi connectivity index (χ2v) is 16.3. The van der Waals surface area contributed by atoms with Crippen molar-refractivity contribution in [2.24, 2.45) is 0 Å². The predicted molar refractivity (Wildman–Crippen MR) is 253 cm³/mol. The molecule has 0 aliphatic heterocycles. The number of hydrogen-bond acceptors (Lipinski definition) is 3. The standard InChI is InChI=1S/C56H35NOS/c1-3-12-36(13-4-1)42-28-31-47-53(35-42)59-56-45(38-14-5-2-6-15-38)32-33-50(55(47)56)57(49-19-11-21-52-54(49)46-18-9-10-20-51(46)58-52)43-29-26-37(27-30-43)41-25-24-40-23-22-39-16-7-8-17-44(39)48(40)34-41/h1-35H. The molecule has 276 valence electrons. The van der Waals surface area contributed by atoms with Gasteiger partial charge in [0.15, 0.2) is 0 Å². The maximum Gasteiger partial charge on any atom is 0.137 e. The normalized spacial score (nSPS) is 11.7. The first-order valence-electron chi connectivity index (χ1n) is 20.1. The molecule has 0 aliphatic rings. The molecule has 0 atom stereocenters. The van der Waals surface area contributed by atoms with Crippen LogP contribution in [0.1, 0.15) is 0 Å². The highest BCUT2D eigenvalue weighted by atomic mass is 32.1. The molecule has 2 heterocycles. The summed E-state index contributed by atoms with van der Waals surface area (Å²) in [4.78, 5) is 2.45. The van der Waals surface area contributed by atoms with Crippen molar-refractivity contribution in [3.63, 3.8) is 0 Å². The lowest BCUT2D eigenvalue weighted by Crippen LogP contribution is -2.11. The van der Waals surface area contributed by atoms with Gasteiger partial charge in [-0.3, -0.25) is 0 Å². The smallest absolute Gasteiger partial charge is 0.137 e. The Morgan fingerprint density at radius 1 is 0.356 bits per heavy atom. The number of fused-ring (bicyclic) bond motifs is 9. The monoisotopic (exact) mass is 769 g/mol. The molecule has 0 saturated carbocycles. The third-order valence-corrected chi connectivity index (χ3v) is 13.0. The Morgan fingerprint density at radius 2 is 0.966 bits per heavy atom. The van der Waals surface area contributed by atoms with Crippen LogP contribution in [0.4, 0.5) is 17.1 Å². The molecule has 0 unspecified atom stereocenters. The van der Waals surface area contributed by atoms with Gasteiger partial charge < -0.3 is 9.32 Å². The molecule has 0 aliphatic carbocycles. The van der Waals surface area contributed by atoms with Gasteiger partial charge in [-0.25, -0.2) is 0 Å². The molecular formula is C56H35NOS. The zero-order valence-electron chi connectivity index (χ0n) is 32.0. The van der Waals surface area contributed by atoms with Crippen LogP contribution in [0.15, 0.2) is 217 Å². The van der Waals surface area contributed by atoms with Crippen molar-refractivity contribution in [2.45, 2.75) is 0 Å². The van der Waals surface area contributed by atoms with Crippen LogP contribution in [0.5, 0.6) is 0 Å². The van der Waals surface area contributed by atoms with Crippen molar-refractivity contribution >= 4 is 92.1 Å². The van der Waals surface area contributed by atoms with Gasteiger partial charge in [0.25, 0.3) is 0 Å². The number of furan rings is 1. The van der Waals surface area contributed by atoms with Crippen molar-refractivity contribution in [2.75, 3.05) is 4.90 Å². The van der Waals surface area contributed by atoms with Crippen LogP contribution < -0.4 is 4.90 Å². The van der Waals surface area contributed by atoms with E-state index in [1.54, 1.807) is 0 Å². The summed E-state index contributed by atoms with van der Waals surface area (Å²) >= 11 is 1.88. The van der Waals surface area contributed by atoms with Crippen LogP contribution in [0.3, 0.4) is 0 Å². The van der Waals surface area contributed by atoms with E-state index in [9.17, 15) is 0 Å². The molecule has 0 amide bonds. The molecule has 0 radical (unpaired) electrons. The molecule has 0 spiro atoms. The highest BCUT2D eigenvalue weighted by molar-refractivity contribution is 7.26. The molecule has 0 N–H and O–H groups in total. The van der Waals surface area contributed by atoms with E-state index >= 15 is 0 Å². The van der Waals surface area contributed by atoms with Crippen molar-refractivity contribution in [1.82, 2.24) is 0 Å². The van der Waals surface area contributed by atoms with Crippen LogP contribution in [0, 0.1) is 0 Å². The van der Waals surface area contributed by atoms with E-state index in [-0.39, 0.29) is 0 Å². The van der Waals surface area contributed by atoms with Crippen LogP contribution in [-0.2, 0) is 0 Å². The first kappa shape index (κ1) is 33.7. The Hall–Kier alpha value is -7.46. The lowest BCUT2D eigenvalue weighted by atomic mass is 9.96. The van der Waals surface area contributed by atoms with Gasteiger partial charge in [0.2, 0.25) is 0 Å². The van der Waals surface area contributed by atoms with Crippen molar-refractivity contribution in [3.8, 4) is 33.4 Å². The molecule has 12 aromatic rings. The van der Waals surface area contributed by atoms with Crippen LogP contribution in [0.25, 0.3) is 97.0 Å². The van der Waals surface area contributed by atoms with Crippen LogP contribution in [-0.4, -0.2) is 0 Å². The largest absolute Gasteiger partial charge is 0.456 e. The van der Waals surface area contributed by atoms with Gasteiger partial charge in [-0.15, -0.1) is 11.3 Å². The van der Waals surface area contributed by atoms with Crippen molar-refractivity contribution < 1.29 is 4.42 Å². The lowest BCUT2D eigenvalue weighted by molar-refractivity contribution is 0.669. The maximum absolute atomic E-state index is 6.51. The number of rotatable bonds is 6. The van der Waals surface area contributed by atoms with Gasteiger partial charge in [-0.05, 0) is 103 Å². The molecule has 2 aromatic heterocycles. The van der Waals surface area contributed by atoms with E-state index < -0.39 is 0 Å². The quantitative estimate of drug-likeness (QED) is 0.157. The van der Waals surface area contributed by atoms with Gasteiger partial charge in [-0.2, -0.15) is 0 Å². The highest BCUT2D eigenvalue weighted by Gasteiger charge is 2.24. The number of nitrogens with zero attached hydrogens (tertiary/aromatic N) is 1. The Bertz CT molecular complexity index is 3550. The molecule has 59 heavy (non-hydrogen) atoms. The van der Waals surface area contributed by atoms with E-state index in [1.165, 1.54) is 75.1 Å². The summed E-state index contributed by atoms with van der Waals surface area (Å²) in [7, 11) is 0. The summed E-state index contributed by atoms with van der Waals surface area (Å²) < 4.78 is 9.04. The first-order valence-corrected chi connectivity index (χ1v) is 20.9. The topological polar surface area (TPSA) is 16.4 Å². The first-order chi connectivity index (χ1) is 29.2. The number of hydrogen-bond donors (Lipinski definition) is 0. The van der Waals surface area contributed by atoms with Gasteiger partial charge >= 0.3 is 0 Å². The van der Waals surface area contributed by atoms with Gasteiger partial charge in [0, 0.05) is 31.2 Å². The summed E-state index contributed by atoms with van der Waals surface area (Å²) in [5.41, 5.74) is 12.3. The average molecular weight is 770 g/mol. The van der Waals surface area contributed by atoms with Crippen molar-refractivity contribution in [1.29, 1.82) is 0 Å². The number of thiophene rings is 1. The van der Waals surface area contributed by atoms with Crippen LogP contribution in [0.2, 0.25) is 0 Å². The van der Waals surface area contributed by atoms with Crippen molar-refractivity contribution in [3.05, 3.63) is 212 Å². The number of benzene rings is 10. The molecule has 12 rings (SSSR count).